The lowest BCUT2D eigenvalue weighted by Crippen LogP contribution is -2.43. The molecule has 1 aromatic carbocycles. The van der Waals surface area contributed by atoms with E-state index >= 15 is 0 Å². The number of aryl methyl sites for hydroxylation is 1. The second kappa shape index (κ2) is 7.89. The number of amides is 1. The molecule has 6 nitrogen and oxygen atoms in total. The molecule has 0 saturated heterocycles. The predicted octanol–water partition coefficient (Wildman–Crippen LogP) is 2.96. The van der Waals surface area contributed by atoms with Gasteiger partial charge in [-0.05, 0) is 25.3 Å². The predicted molar refractivity (Wildman–Crippen MR) is 84.9 cm³/mol. The summed E-state index contributed by atoms with van der Waals surface area (Å²) in [7, 11) is 0. The van der Waals surface area contributed by atoms with Crippen molar-refractivity contribution in [2.24, 2.45) is 0 Å². The van der Waals surface area contributed by atoms with E-state index in [9.17, 15) is 20.0 Å². The lowest BCUT2D eigenvalue weighted by Gasteiger charge is -2.27. The van der Waals surface area contributed by atoms with Crippen molar-refractivity contribution in [3.05, 3.63) is 39.4 Å². The minimum absolute atomic E-state index is 0.117. The van der Waals surface area contributed by atoms with Crippen LogP contribution in [0, 0.1) is 17.0 Å². The molecule has 1 aromatic rings. The van der Waals surface area contributed by atoms with Gasteiger partial charge in [-0.25, -0.2) is 0 Å². The summed E-state index contributed by atoms with van der Waals surface area (Å²) < 4.78 is 0. The lowest BCUT2D eigenvalue weighted by molar-refractivity contribution is -0.384. The van der Waals surface area contributed by atoms with E-state index in [1.807, 2.05) is 13.8 Å². The Kier molecular flexibility index (Phi) is 6.49. The van der Waals surface area contributed by atoms with E-state index in [-0.39, 0.29) is 17.8 Å². The van der Waals surface area contributed by atoms with E-state index in [0.29, 0.717) is 18.4 Å². The van der Waals surface area contributed by atoms with Gasteiger partial charge in [-0.3, -0.25) is 14.9 Å². The summed E-state index contributed by atoms with van der Waals surface area (Å²) >= 11 is 0. The average Bonchev–Trinajstić information content (AvgIpc) is 2.45. The van der Waals surface area contributed by atoms with Crippen molar-refractivity contribution >= 4 is 11.6 Å². The molecule has 0 atom stereocenters. The van der Waals surface area contributed by atoms with Crippen LogP contribution in [0.15, 0.2) is 18.2 Å². The minimum atomic E-state index is -0.923. The smallest absolute Gasteiger partial charge is 0.270 e. The van der Waals surface area contributed by atoms with Gasteiger partial charge in [-0.15, -0.1) is 0 Å². The van der Waals surface area contributed by atoms with E-state index in [1.54, 1.807) is 13.0 Å². The molecule has 0 aliphatic heterocycles. The SMILES string of the molecule is CCCC(O)(CCC)CNC(=O)c1cc([N+](=O)[O-])ccc1C. The topological polar surface area (TPSA) is 92.5 Å². The number of carbonyl (C=O) groups excluding carboxylic acids is 1. The second-order valence-corrected chi connectivity index (χ2v) is 5.66. The molecule has 0 unspecified atom stereocenters. The van der Waals surface area contributed by atoms with Crippen molar-refractivity contribution in [3.63, 3.8) is 0 Å². The van der Waals surface area contributed by atoms with Gasteiger partial charge in [0.2, 0.25) is 0 Å². The van der Waals surface area contributed by atoms with Crippen LogP contribution in [0.25, 0.3) is 0 Å². The zero-order valence-electron chi connectivity index (χ0n) is 13.4. The molecule has 22 heavy (non-hydrogen) atoms. The number of nitro benzene ring substituents is 1. The average molecular weight is 308 g/mol. The molecule has 0 radical (unpaired) electrons. The zero-order valence-corrected chi connectivity index (χ0v) is 13.4. The van der Waals surface area contributed by atoms with Crippen LogP contribution in [0.5, 0.6) is 0 Å². The number of non-ortho nitro benzene ring substituents is 1. The fourth-order valence-corrected chi connectivity index (χ4v) is 2.54. The number of carbonyl (C=O) groups is 1. The van der Waals surface area contributed by atoms with Crippen LogP contribution in [0.1, 0.15) is 55.5 Å². The maximum absolute atomic E-state index is 12.3. The fraction of sp³-hybridized carbons (Fsp3) is 0.562. The molecule has 0 bridgehead atoms. The van der Waals surface area contributed by atoms with Crippen LogP contribution in [-0.2, 0) is 0 Å². The van der Waals surface area contributed by atoms with Crippen molar-refractivity contribution in [3.8, 4) is 0 Å². The third-order valence-electron chi connectivity index (χ3n) is 3.69. The zero-order chi connectivity index (χ0) is 16.8. The van der Waals surface area contributed by atoms with E-state index in [1.165, 1.54) is 12.1 Å². The maximum atomic E-state index is 12.3. The highest BCUT2D eigenvalue weighted by atomic mass is 16.6. The van der Waals surface area contributed by atoms with Crippen molar-refractivity contribution in [1.29, 1.82) is 0 Å². The standard InChI is InChI=1S/C16H24N2O4/c1-4-8-16(20,9-5-2)11-17-15(19)14-10-13(18(21)22)7-6-12(14)3/h6-7,10,20H,4-5,8-9,11H2,1-3H3,(H,17,19). The number of hydrogen-bond acceptors (Lipinski definition) is 4. The summed E-state index contributed by atoms with van der Waals surface area (Å²) in [6.45, 7) is 5.83. The molecule has 0 saturated carbocycles. The number of rotatable bonds is 8. The Bertz CT molecular complexity index is 537. The molecule has 1 rings (SSSR count). The second-order valence-electron chi connectivity index (χ2n) is 5.66. The van der Waals surface area contributed by atoms with Crippen molar-refractivity contribution in [2.45, 2.75) is 52.1 Å². The van der Waals surface area contributed by atoms with Crippen LogP contribution in [0.3, 0.4) is 0 Å². The molecule has 0 aliphatic carbocycles. The summed E-state index contributed by atoms with van der Waals surface area (Å²) in [6.07, 6.45) is 2.86. The number of aliphatic hydroxyl groups is 1. The summed E-state index contributed by atoms with van der Waals surface area (Å²) in [5, 5.41) is 24.0. The molecule has 0 fully saturated rings. The molecule has 0 heterocycles. The molecule has 0 aliphatic rings. The Hall–Kier alpha value is -1.95. The third kappa shape index (κ3) is 4.80. The number of nitro groups is 1. The Morgan fingerprint density at radius 2 is 1.91 bits per heavy atom. The van der Waals surface area contributed by atoms with E-state index < -0.39 is 16.4 Å². The van der Waals surface area contributed by atoms with Crippen LogP contribution >= 0.6 is 0 Å². The quantitative estimate of drug-likeness (QED) is 0.570. The largest absolute Gasteiger partial charge is 0.388 e. The molecular formula is C16H24N2O4. The molecule has 0 aromatic heterocycles. The highest BCUT2D eigenvalue weighted by Crippen LogP contribution is 2.20. The number of nitrogens with zero attached hydrogens (tertiary/aromatic N) is 1. The van der Waals surface area contributed by atoms with Gasteiger partial charge in [0.25, 0.3) is 11.6 Å². The Labute approximate surface area is 130 Å². The lowest BCUT2D eigenvalue weighted by atomic mass is 9.92. The molecule has 6 heteroatoms. The Balaban J connectivity index is 2.84. The van der Waals surface area contributed by atoms with Gasteiger partial charge in [0.15, 0.2) is 0 Å². The molecular weight excluding hydrogens is 284 g/mol. The summed E-state index contributed by atoms with van der Waals surface area (Å²) in [5.74, 6) is -0.396. The van der Waals surface area contributed by atoms with Crippen molar-refractivity contribution in [2.75, 3.05) is 6.54 Å². The summed E-state index contributed by atoms with van der Waals surface area (Å²) in [6, 6.07) is 4.19. The first-order valence-corrected chi connectivity index (χ1v) is 7.58. The van der Waals surface area contributed by atoms with Gasteiger partial charge in [-0.2, -0.15) is 0 Å². The van der Waals surface area contributed by atoms with Crippen LogP contribution < -0.4 is 5.32 Å². The highest BCUT2D eigenvalue weighted by Gasteiger charge is 2.26. The minimum Gasteiger partial charge on any atom is -0.388 e. The normalized spacial score (nSPS) is 11.3. The molecule has 2 N–H and O–H groups in total. The monoisotopic (exact) mass is 308 g/mol. The van der Waals surface area contributed by atoms with Crippen LogP contribution in [0.2, 0.25) is 0 Å². The van der Waals surface area contributed by atoms with Crippen molar-refractivity contribution in [1.82, 2.24) is 5.32 Å². The van der Waals surface area contributed by atoms with Gasteiger partial charge in [-0.1, -0.05) is 32.8 Å². The van der Waals surface area contributed by atoms with E-state index in [0.717, 1.165) is 12.8 Å². The molecule has 0 spiro atoms. The van der Waals surface area contributed by atoms with Gasteiger partial charge in [0, 0.05) is 24.2 Å². The number of benzene rings is 1. The van der Waals surface area contributed by atoms with Crippen LogP contribution in [0.4, 0.5) is 5.69 Å². The summed E-state index contributed by atoms with van der Waals surface area (Å²) in [5.41, 5.74) is -0.108. The van der Waals surface area contributed by atoms with Gasteiger partial charge >= 0.3 is 0 Å². The van der Waals surface area contributed by atoms with E-state index in [4.69, 9.17) is 0 Å². The first kappa shape index (κ1) is 18.1. The van der Waals surface area contributed by atoms with Gasteiger partial charge in [0.1, 0.15) is 0 Å². The van der Waals surface area contributed by atoms with Crippen LogP contribution in [-0.4, -0.2) is 28.1 Å². The van der Waals surface area contributed by atoms with Crippen molar-refractivity contribution < 1.29 is 14.8 Å². The molecule has 1 amide bonds. The van der Waals surface area contributed by atoms with Gasteiger partial charge in [0.05, 0.1) is 10.5 Å². The Morgan fingerprint density at radius 1 is 1.32 bits per heavy atom. The number of hydrogen-bond donors (Lipinski definition) is 2. The number of nitrogens with one attached hydrogen (secondary N) is 1. The van der Waals surface area contributed by atoms with E-state index in [2.05, 4.69) is 5.32 Å². The maximum Gasteiger partial charge on any atom is 0.270 e. The molecule has 122 valence electrons. The van der Waals surface area contributed by atoms with Gasteiger partial charge < -0.3 is 10.4 Å². The first-order chi connectivity index (χ1) is 10.3. The first-order valence-electron chi connectivity index (χ1n) is 7.58. The Morgan fingerprint density at radius 3 is 2.41 bits per heavy atom. The summed E-state index contributed by atoms with van der Waals surface area (Å²) in [4.78, 5) is 22.5. The fourth-order valence-electron chi connectivity index (χ4n) is 2.54. The third-order valence-corrected chi connectivity index (χ3v) is 3.69. The highest BCUT2D eigenvalue weighted by molar-refractivity contribution is 5.96.